The van der Waals surface area contributed by atoms with Gasteiger partial charge >= 0.3 is 5.97 Å². The molecule has 0 N–H and O–H groups in total. The fraction of sp³-hybridized carbons (Fsp3) is 0.875. The molecule has 0 spiro atoms. The molecule has 0 aromatic heterocycles. The third kappa shape index (κ3) is 3.61. The number of amides is 1. The highest BCUT2D eigenvalue weighted by Gasteiger charge is 2.59. The maximum absolute atomic E-state index is 12.6. The first kappa shape index (κ1) is 18.4. The van der Waals surface area contributed by atoms with Crippen LogP contribution in [0.25, 0.3) is 0 Å². The minimum Gasteiger partial charge on any atom is -0.468 e. The monoisotopic (exact) mass is 342 g/mol. The lowest BCUT2D eigenvalue weighted by atomic mass is 10.1. The summed E-state index contributed by atoms with van der Waals surface area (Å²) >= 11 is 0. The van der Waals surface area contributed by atoms with E-state index in [2.05, 4.69) is 33.9 Å². The zero-order chi connectivity index (χ0) is 17.5. The first-order valence-corrected chi connectivity index (χ1v) is 11.3. The highest BCUT2D eigenvalue weighted by atomic mass is 28.4. The maximum atomic E-state index is 12.6. The van der Waals surface area contributed by atoms with Crippen LogP contribution in [0.15, 0.2) is 0 Å². The molecule has 0 aromatic carbocycles. The highest BCUT2D eigenvalue weighted by Crippen LogP contribution is 2.48. The number of hydrogen-bond acceptors (Lipinski definition) is 5. The SMILES string of the molecule is COC(=O)C1(C(=O)N2CCN(O[Si](C)(C)C(C)(C)C)CC2)CC1. The molecule has 23 heavy (non-hydrogen) atoms. The van der Waals surface area contributed by atoms with Crippen LogP contribution in [-0.4, -0.2) is 63.4 Å². The number of piperazine rings is 1. The minimum absolute atomic E-state index is 0.0728. The molecule has 0 unspecified atom stereocenters. The van der Waals surface area contributed by atoms with Gasteiger partial charge < -0.3 is 14.2 Å². The number of esters is 1. The fourth-order valence-electron chi connectivity index (χ4n) is 2.57. The van der Waals surface area contributed by atoms with Crippen LogP contribution in [0.4, 0.5) is 0 Å². The average Bonchev–Trinajstić information content (AvgIpc) is 3.26. The predicted molar refractivity (Wildman–Crippen MR) is 90.1 cm³/mol. The van der Waals surface area contributed by atoms with E-state index in [1.54, 1.807) is 4.90 Å². The van der Waals surface area contributed by atoms with E-state index in [-0.39, 0.29) is 16.9 Å². The smallest absolute Gasteiger partial charge is 0.321 e. The van der Waals surface area contributed by atoms with E-state index in [1.165, 1.54) is 7.11 Å². The summed E-state index contributed by atoms with van der Waals surface area (Å²) < 4.78 is 11.1. The minimum atomic E-state index is -1.84. The largest absolute Gasteiger partial charge is 0.468 e. The number of ether oxygens (including phenoxy) is 1. The molecule has 0 bridgehead atoms. The third-order valence-corrected chi connectivity index (χ3v) is 9.75. The molecular weight excluding hydrogens is 312 g/mol. The topological polar surface area (TPSA) is 59.1 Å². The van der Waals surface area contributed by atoms with Crippen molar-refractivity contribution in [2.45, 2.75) is 51.7 Å². The first-order valence-electron chi connectivity index (χ1n) is 8.35. The normalized spacial score (nSPS) is 21.9. The Kier molecular flexibility index (Phi) is 4.95. The van der Waals surface area contributed by atoms with Crippen molar-refractivity contribution in [3.63, 3.8) is 0 Å². The summed E-state index contributed by atoms with van der Waals surface area (Å²) in [5, 5.41) is 2.15. The second-order valence-electron chi connectivity index (χ2n) is 8.15. The number of methoxy groups -OCH3 is 1. The number of hydroxylamine groups is 2. The Bertz CT molecular complexity index is 475. The standard InChI is InChI=1S/C16H30N2O4Si/c1-15(2,3)23(5,6)22-18-11-9-17(10-12-18)13(19)16(7-8-16)14(20)21-4/h7-12H2,1-6H3. The molecule has 1 amide bonds. The molecule has 1 saturated heterocycles. The zero-order valence-electron chi connectivity index (χ0n) is 15.3. The predicted octanol–water partition coefficient (Wildman–Crippen LogP) is 2.02. The molecule has 1 aliphatic heterocycles. The quantitative estimate of drug-likeness (QED) is 0.444. The number of rotatable bonds is 4. The van der Waals surface area contributed by atoms with Crippen molar-refractivity contribution in [3.05, 3.63) is 0 Å². The van der Waals surface area contributed by atoms with Gasteiger partial charge in [-0.25, -0.2) is 0 Å². The number of carbonyl (C=O) groups is 2. The van der Waals surface area contributed by atoms with Crippen LogP contribution >= 0.6 is 0 Å². The number of carbonyl (C=O) groups excluding carboxylic acids is 2. The molecule has 0 aromatic rings. The zero-order valence-corrected chi connectivity index (χ0v) is 16.3. The summed E-state index contributed by atoms with van der Waals surface area (Å²) in [4.78, 5) is 26.2. The molecule has 0 radical (unpaired) electrons. The number of nitrogens with zero attached hydrogens (tertiary/aromatic N) is 2. The molecule has 1 heterocycles. The average molecular weight is 343 g/mol. The first-order chi connectivity index (χ1) is 10.5. The van der Waals surface area contributed by atoms with Crippen molar-refractivity contribution in [1.82, 2.24) is 9.96 Å². The van der Waals surface area contributed by atoms with Gasteiger partial charge in [0.05, 0.1) is 7.11 Å². The Hall–Kier alpha value is -0.923. The molecule has 2 rings (SSSR count). The highest BCUT2D eigenvalue weighted by molar-refractivity contribution is 6.74. The van der Waals surface area contributed by atoms with Gasteiger partial charge in [-0.15, -0.1) is 0 Å². The van der Waals surface area contributed by atoms with Gasteiger partial charge in [0, 0.05) is 26.2 Å². The van der Waals surface area contributed by atoms with E-state index >= 15 is 0 Å². The summed E-state index contributed by atoms with van der Waals surface area (Å²) in [6.45, 7) is 13.7. The Balaban J connectivity index is 1.90. The van der Waals surface area contributed by atoms with Crippen molar-refractivity contribution in [3.8, 4) is 0 Å². The van der Waals surface area contributed by atoms with E-state index in [0.717, 1.165) is 0 Å². The molecule has 1 saturated carbocycles. The van der Waals surface area contributed by atoms with E-state index in [9.17, 15) is 9.59 Å². The Morgan fingerprint density at radius 1 is 1.04 bits per heavy atom. The van der Waals surface area contributed by atoms with E-state index in [0.29, 0.717) is 39.0 Å². The Morgan fingerprint density at radius 2 is 1.57 bits per heavy atom. The third-order valence-electron chi connectivity index (χ3n) is 5.42. The molecule has 7 heteroatoms. The van der Waals surface area contributed by atoms with Gasteiger partial charge in [0.1, 0.15) is 5.41 Å². The Morgan fingerprint density at radius 3 is 1.96 bits per heavy atom. The van der Waals surface area contributed by atoms with Gasteiger partial charge in [-0.1, -0.05) is 20.8 Å². The van der Waals surface area contributed by atoms with Gasteiger partial charge in [0.15, 0.2) is 0 Å². The second-order valence-corrected chi connectivity index (χ2v) is 12.8. The van der Waals surface area contributed by atoms with E-state index in [1.807, 2.05) is 5.06 Å². The molecule has 6 nitrogen and oxygen atoms in total. The molecule has 2 fully saturated rings. The second kappa shape index (κ2) is 6.18. The number of hydrogen-bond donors (Lipinski definition) is 0. The van der Waals surface area contributed by atoms with Crippen LogP contribution < -0.4 is 0 Å². The van der Waals surface area contributed by atoms with Crippen molar-refractivity contribution >= 4 is 20.2 Å². The molecule has 0 atom stereocenters. The summed E-state index contributed by atoms with van der Waals surface area (Å²) in [6, 6.07) is 0. The van der Waals surface area contributed by atoms with Crippen molar-refractivity contribution in [2.24, 2.45) is 5.41 Å². The van der Waals surface area contributed by atoms with E-state index in [4.69, 9.17) is 9.26 Å². The molecule has 132 valence electrons. The van der Waals surface area contributed by atoms with Crippen LogP contribution in [0.3, 0.4) is 0 Å². The maximum Gasteiger partial charge on any atom is 0.321 e. The van der Waals surface area contributed by atoms with E-state index < -0.39 is 13.7 Å². The summed E-state index contributed by atoms with van der Waals surface area (Å²) in [5.74, 6) is -0.459. The molecular formula is C16H30N2O4Si. The Labute approximate surface area is 140 Å². The summed E-state index contributed by atoms with van der Waals surface area (Å²) in [7, 11) is -0.493. The lowest BCUT2D eigenvalue weighted by Gasteiger charge is -2.43. The lowest BCUT2D eigenvalue weighted by Crippen LogP contribution is -2.55. The van der Waals surface area contributed by atoms with Gasteiger partial charge in [-0.05, 0) is 31.0 Å². The lowest BCUT2D eigenvalue weighted by molar-refractivity contribution is -0.160. The van der Waals surface area contributed by atoms with Crippen molar-refractivity contribution < 1.29 is 18.9 Å². The fourth-order valence-corrected chi connectivity index (χ4v) is 3.67. The molecule has 2 aliphatic rings. The summed E-state index contributed by atoms with van der Waals surface area (Å²) in [5.41, 5.74) is -0.892. The van der Waals surface area contributed by atoms with Crippen LogP contribution in [0.1, 0.15) is 33.6 Å². The van der Waals surface area contributed by atoms with Crippen LogP contribution in [0.2, 0.25) is 18.1 Å². The van der Waals surface area contributed by atoms with Crippen molar-refractivity contribution in [1.29, 1.82) is 0 Å². The summed E-state index contributed by atoms with van der Waals surface area (Å²) in [6.07, 6.45) is 1.22. The van der Waals surface area contributed by atoms with Crippen LogP contribution in [-0.2, 0) is 18.9 Å². The van der Waals surface area contributed by atoms with Gasteiger partial charge in [0.25, 0.3) is 0 Å². The molecule has 1 aliphatic carbocycles. The van der Waals surface area contributed by atoms with Gasteiger partial charge in [0.2, 0.25) is 14.2 Å². The van der Waals surface area contributed by atoms with Crippen LogP contribution in [0.5, 0.6) is 0 Å². The van der Waals surface area contributed by atoms with Gasteiger partial charge in [-0.3, -0.25) is 9.59 Å². The van der Waals surface area contributed by atoms with Gasteiger partial charge in [-0.2, -0.15) is 5.06 Å². The van der Waals surface area contributed by atoms with Crippen LogP contribution in [0, 0.1) is 5.41 Å². The van der Waals surface area contributed by atoms with Crippen molar-refractivity contribution in [2.75, 3.05) is 33.3 Å².